The molecule has 0 aliphatic rings. The smallest absolute Gasteiger partial charge is 0.324 e. The summed E-state index contributed by atoms with van der Waals surface area (Å²) in [6.07, 6.45) is -0.261. The third-order valence-electron chi connectivity index (χ3n) is 3.29. The molecule has 0 spiro atoms. The van der Waals surface area contributed by atoms with Gasteiger partial charge in [0.2, 0.25) is 0 Å². The minimum atomic E-state index is -1.87. The maximum atomic E-state index is 12.4. The summed E-state index contributed by atoms with van der Waals surface area (Å²) in [5, 5.41) is 8.81. The number of esters is 3. The molecule has 7 nitrogen and oxygen atoms in total. The van der Waals surface area contributed by atoms with E-state index in [1.165, 1.54) is 6.92 Å². The number of carbonyl (C=O) groups excluding carboxylic acids is 3. The molecule has 0 aromatic heterocycles. The number of ether oxygens (including phenoxy) is 3. The first-order chi connectivity index (χ1) is 10.4. The molecule has 124 valence electrons. The Labute approximate surface area is 130 Å². The monoisotopic (exact) mass is 313 g/mol. The topological polar surface area (TPSA) is 103 Å². The van der Waals surface area contributed by atoms with Crippen LogP contribution < -0.4 is 0 Å². The van der Waals surface area contributed by atoms with E-state index in [1.54, 1.807) is 20.8 Å². The van der Waals surface area contributed by atoms with E-state index in [9.17, 15) is 14.4 Å². The molecule has 0 heterocycles. The van der Waals surface area contributed by atoms with Crippen LogP contribution >= 0.6 is 0 Å². The van der Waals surface area contributed by atoms with Gasteiger partial charge in [-0.25, -0.2) is 0 Å². The van der Waals surface area contributed by atoms with E-state index in [2.05, 4.69) is 0 Å². The Morgan fingerprint density at radius 2 is 1.45 bits per heavy atom. The van der Waals surface area contributed by atoms with Crippen molar-refractivity contribution < 1.29 is 28.6 Å². The molecule has 0 N–H and O–H groups in total. The molecule has 0 radical (unpaired) electrons. The zero-order chi connectivity index (χ0) is 17.2. The van der Waals surface area contributed by atoms with Crippen molar-refractivity contribution >= 4 is 17.9 Å². The average Bonchev–Trinajstić information content (AvgIpc) is 2.48. The van der Waals surface area contributed by atoms with Gasteiger partial charge in [0.25, 0.3) is 0 Å². The van der Waals surface area contributed by atoms with Crippen LogP contribution in [0.1, 0.15) is 40.5 Å². The minimum Gasteiger partial charge on any atom is -0.466 e. The Hall–Kier alpha value is -2.10. The molecule has 0 saturated carbocycles. The molecular weight excluding hydrogens is 290 g/mol. The van der Waals surface area contributed by atoms with Gasteiger partial charge in [0.05, 0.1) is 31.8 Å². The van der Waals surface area contributed by atoms with E-state index >= 15 is 0 Å². The third-order valence-corrected chi connectivity index (χ3v) is 3.29. The summed E-state index contributed by atoms with van der Waals surface area (Å²) < 4.78 is 14.8. The fourth-order valence-electron chi connectivity index (χ4n) is 2.10. The summed E-state index contributed by atoms with van der Waals surface area (Å²) in [7, 11) is 0. The summed E-state index contributed by atoms with van der Waals surface area (Å²) >= 11 is 0. The molecule has 0 bridgehead atoms. The van der Waals surface area contributed by atoms with Gasteiger partial charge in [0.15, 0.2) is 5.41 Å². The van der Waals surface area contributed by atoms with Crippen molar-refractivity contribution in [1.82, 2.24) is 0 Å². The highest BCUT2D eigenvalue weighted by atomic mass is 16.6. The Balaban J connectivity index is 5.82. The predicted octanol–water partition coefficient (Wildman–Crippen LogP) is 1.60. The van der Waals surface area contributed by atoms with E-state index in [0.717, 1.165) is 0 Å². The first kappa shape index (κ1) is 19.9. The lowest BCUT2D eigenvalue weighted by Crippen LogP contribution is -2.50. The number of nitriles is 1. The third kappa shape index (κ3) is 4.45. The van der Waals surface area contributed by atoms with Crippen LogP contribution in [0.3, 0.4) is 0 Å². The van der Waals surface area contributed by atoms with Gasteiger partial charge in [0, 0.05) is 6.42 Å². The van der Waals surface area contributed by atoms with Crippen LogP contribution in [0, 0.1) is 22.7 Å². The van der Waals surface area contributed by atoms with Crippen LogP contribution in [-0.2, 0) is 28.6 Å². The van der Waals surface area contributed by atoms with Crippen LogP contribution in [0.5, 0.6) is 0 Å². The number of hydrogen-bond acceptors (Lipinski definition) is 7. The molecule has 0 unspecified atom stereocenters. The van der Waals surface area contributed by atoms with E-state index < -0.39 is 29.2 Å². The van der Waals surface area contributed by atoms with Crippen molar-refractivity contribution in [2.75, 3.05) is 19.8 Å². The van der Waals surface area contributed by atoms with E-state index in [-0.39, 0.29) is 32.7 Å². The van der Waals surface area contributed by atoms with E-state index in [1.807, 2.05) is 6.07 Å². The lowest BCUT2D eigenvalue weighted by atomic mass is 9.72. The summed E-state index contributed by atoms with van der Waals surface area (Å²) in [6.45, 7) is 6.41. The molecule has 22 heavy (non-hydrogen) atoms. The normalized spacial score (nSPS) is 12.0. The molecule has 1 atom stereocenters. The first-order valence-corrected chi connectivity index (χ1v) is 7.30. The molecule has 0 aromatic carbocycles. The maximum Gasteiger partial charge on any atom is 0.324 e. The number of nitrogens with zero attached hydrogens (tertiary/aromatic N) is 1. The lowest BCUT2D eigenvalue weighted by molar-refractivity contribution is -0.183. The summed E-state index contributed by atoms with van der Waals surface area (Å²) in [5.41, 5.74) is -1.87. The first-order valence-electron chi connectivity index (χ1n) is 7.30. The van der Waals surface area contributed by atoms with Crippen molar-refractivity contribution in [3.63, 3.8) is 0 Å². The molecular formula is C15H23NO6. The van der Waals surface area contributed by atoms with E-state index in [0.29, 0.717) is 0 Å². The predicted molar refractivity (Wildman–Crippen MR) is 76.3 cm³/mol. The second-order valence-electron chi connectivity index (χ2n) is 4.54. The maximum absolute atomic E-state index is 12.4. The highest BCUT2D eigenvalue weighted by molar-refractivity contribution is 6.04. The Morgan fingerprint density at radius 3 is 1.82 bits per heavy atom. The zero-order valence-electron chi connectivity index (χ0n) is 13.5. The van der Waals surface area contributed by atoms with Crippen molar-refractivity contribution in [2.45, 2.75) is 40.5 Å². The molecule has 0 aliphatic carbocycles. The second-order valence-corrected chi connectivity index (χ2v) is 4.54. The highest BCUT2D eigenvalue weighted by Crippen LogP contribution is 2.37. The Morgan fingerprint density at radius 1 is 1.00 bits per heavy atom. The summed E-state index contributed by atoms with van der Waals surface area (Å²) in [5.74, 6) is -3.56. The Bertz CT molecular complexity index is 422. The van der Waals surface area contributed by atoms with E-state index in [4.69, 9.17) is 19.5 Å². The Kier molecular flexibility index (Phi) is 8.83. The fourth-order valence-corrected chi connectivity index (χ4v) is 2.10. The lowest BCUT2D eigenvalue weighted by Gasteiger charge is -2.32. The van der Waals surface area contributed by atoms with Gasteiger partial charge < -0.3 is 14.2 Å². The number of rotatable bonds is 9. The number of carbonyl (C=O) groups is 3. The minimum absolute atomic E-state index is 0.0437. The quantitative estimate of drug-likeness (QED) is 0.362. The van der Waals surface area contributed by atoms with Crippen molar-refractivity contribution in [3.05, 3.63) is 0 Å². The van der Waals surface area contributed by atoms with Gasteiger partial charge in [-0.15, -0.1) is 0 Å². The van der Waals surface area contributed by atoms with Crippen molar-refractivity contribution in [3.8, 4) is 6.07 Å². The van der Waals surface area contributed by atoms with Gasteiger partial charge in [0.1, 0.15) is 0 Å². The largest absolute Gasteiger partial charge is 0.466 e. The zero-order valence-corrected chi connectivity index (χ0v) is 13.5. The highest BCUT2D eigenvalue weighted by Gasteiger charge is 2.56. The van der Waals surface area contributed by atoms with Crippen LogP contribution in [0.4, 0.5) is 0 Å². The SMILES string of the molecule is CCOC(=O)[C@@H](C)C(CCC#N)(C(=O)OCC)C(=O)OCC. The molecule has 0 amide bonds. The van der Waals surface area contributed by atoms with Crippen molar-refractivity contribution in [1.29, 1.82) is 5.26 Å². The molecule has 0 fully saturated rings. The van der Waals surface area contributed by atoms with Gasteiger partial charge in [-0.2, -0.15) is 5.26 Å². The van der Waals surface area contributed by atoms with Gasteiger partial charge >= 0.3 is 17.9 Å². The summed E-state index contributed by atoms with van der Waals surface area (Å²) in [6, 6.07) is 1.88. The van der Waals surface area contributed by atoms with Crippen LogP contribution in [0.25, 0.3) is 0 Å². The van der Waals surface area contributed by atoms with Crippen LogP contribution in [0.2, 0.25) is 0 Å². The summed E-state index contributed by atoms with van der Waals surface area (Å²) in [4.78, 5) is 36.8. The van der Waals surface area contributed by atoms with Gasteiger partial charge in [-0.3, -0.25) is 14.4 Å². The van der Waals surface area contributed by atoms with Crippen molar-refractivity contribution in [2.24, 2.45) is 11.3 Å². The fraction of sp³-hybridized carbons (Fsp3) is 0.733. The number of hydrogen-bond donors (Lipinski definition) is 0. The average molecular weight is 313 g/mol. The standard InChI is InChI=1S/C15H23NO6/c1-5-20-12(17)11(4)15(9-8-10-16,13(18)21-6-2)14(19)22-7-3/h11H,5-9H2,1-4H3/t11-/m1/s1. The molecule has 0 rings (SSSR count). The van der Waals surface area contributed by atoms with Crippen LogP contribution in [-0.4, -0.2) is 37.7 Å². The molecule has 0 aromatic rings. The molecule has 0 aliphatic heterocycles. The van der Waals surface area contributed by atoms with Gasteiger partial charge in [-0.1, -0.05) is 6.92 Å². The van der Waals surface area contributed by atoms with Gasteiger partial charge in [-0.05, 0) is 27.2 Å². The molecule has 0 saturated heterocycles. The second kappa shape index (κ2) is 9.77. The van der Waals surface area contributed by atoms with Crippen LogP contribution in [0.15, 0.2) is 0 Å². The molecule has 7 heteroatoms.